The van der Waals surface area contributed by atoms with E-state index in [1.165, 1.54) is 11.1 Å². The highest BCUT2D eigenvalue weighted by Crippen LogP contribution is 2.46. The maximum atomic E-state index is 12.7. The number of carbonyl (C=O) groups excluding carboxylic acids is 1. The molecule has 1 atom stereocenters. The highest BCUT2D eigenvalue weighted by atomic mass is 32.1. The average molecular weight is 401 g/mol. The Hall–Kier alpha value is -2.61. The van der Waals surface area contributed by atoms with Crippen molar-refractivity contribution >= 4 is 28.8 Å². The third-order valence-electron chi connectivity index (χ3n) is 5.71. The van der Waals surface area contributed by atoms with Crippen LogP contribution >= 0.6 is 12.2 Å². The zero-order chi connectivity index (χ0) is 19.8. The number of nitrogens with zero attached hydrogens (tertiary/aromatic N) is 2. The monoisotopic (exact) mass is 400 g/mol. The molecule has 0 aromatic heterocycles. The molecule has 0 saturated heterocycles. The lowest BCUT2D eigenvalue weighted by atomic mass is 9.79. The number of hydrogen-bond acceptors (Lipinski definition) is 6. The number of nitrogens with two attached hydrogens (primary N) is 1. The Labute approximate surface area is 169 Å². The smallest absolute Gasteiger partial charge is 0.184 e. The van der Waals surface area contributed by atoms with Crippen LogP contribution in [0.1, 0.15) is 42.9 Å². The van der Waals surface area contributed by atoms with Crippen LogP contribution in [0.4, 0.5) is 0 Å². The molecule has 0 bridgehead atoms. The first-order valence-electron chi connectivity index (χ1n) is 9.43. The molecule has 0 saturated carbocycles. The first-order valence-corrected chi connectivity index (χ1v) is 9.84. The lowest BCUT2D eigenvalue weighted by molar-refractivity contribution is -0.115. The summed E-state index contributed by atoms with van der Waals surface area (Å²) in [5.74, 6) is 1.60. The van der Waals surface area contributed by atoms with Gasteiger partial charge < -0.3 is 20.1 Å². The Kier molecular flexibility index (Phi) is 4.97. The number of carbonyl (C=O) groups is 1. The van der Waals surface area contributed by atoms with Gasteiger partial charge >= 0.3 is 0 Å². The Bertz CT molecular complexity index is 909. The molecule has 2 heterocycles. The minimum Gasteiger partial charge on any atom is -0.493 e. The first kappa shape index (κ1) is 18.7. The third kappa shape index (κ3) is 3.11. The van der Waals surface area contributed by atoms with E-state index in [-0.39, 0.29) is 16.9 Å². The van der Waals surface area contributed by atoms with Gasteiger partial charge in [-0.3, -0.25) is 10.2 Å². The van der Waals surface area contributed by atoms with E-state index >= 15 is 0 Å². The quantitative estimate of drug-likeness (QED) is 0.594. The fourth-order valence-corrected chi connectivity index (χ4v) is 4.57. The van der Waals surface area contributed by atoms with Gasteiger partial charge in [-0.25, -0.2) is 0 Å². The number of Topliss-reactive ketones (excluding diaryl/α,β-unsaturated/α-hetero) is 1. The van der Waals surface area contributed by atoms with Crippen LogP contribution in [-0.2, 0) is 11.2 Å². The molecule has 3 N–H and O–H groups in total. The van der Waals surface area contributed by atoms with Crippen molar-refractivity contribution in [2.45, 2.75) is 38.1 Å². The molecule has 1 aliphatic carbocycles. The van der Waals surface area contributed by atoms with Crippen molar-refractivity contribution < 1.29 is 14.3 Å². The highest BCUT2D eigenvalue weighted by molar-refractivity contribution is 7.80. The Morgan fingerprint density at radius 2 is 2.00 bits per heavy atom. The number of ether oxygens (including phenoxy) is 2. The number of ketones is 1. The topological polar surface area (TPSA) is 89.2 Å². The second kappa shape index (κ2) is 7.43. The van der Waals surface area contributed by atoms with Crippen LogP contribution in [0.5, 0.6) is 11.5 Å². The number of rotatable bonds is 3. The second-order valence-electron chi connectivity index (χ2n) is 7.20. The molecule has 1 aromatic rings. The number of hydrazone groups is 1. The van der Waals surface area contributed by atoms with Crippen LogP contribution in [0.3, 0.4) is 0 Å². The number of hydrogen-bond donors (Lipinski definition) is 2. The second-order valence-corrected chi connectivity index (χ2v) is 7.64. The van der Waals surface area contributed by atoms with Gasteiger partial charge in [-0.2, -0.15) is 5.10 Å². The highest BCUT2D eigenvalue weighted by Gasteiger charge is 2.40. The number of fused-ring (bicyclic) bond motifs is 4. The summed E-state index contributed by atoms with van der Waals surface area (Å²) in [5.41, 5.74) is 13.2. The van der Waals surface area contributed by atoms with Crippen LogP contribution in [0.25, 0.3) is 0 Å². The summed E-state index contributed by atoms with van der Waals surface area (Å²) in [4.78, 5) is 15.1. The Balaban J connectivity index is 1.82. The van der Waals surface area contributed by atoms with Gasteiger partial charge in [0, 0.05) is 25.1 Å². The van der Waals surface area contributed by atoms with Gasteiger partial charge in [-0.1, -0.05) is 0 Å². The summed E-state index contributed by atoms with van der Waals surface area (Å²) in [6, 6.07) is 4.21. The molecule has 8 heteroatoms. The van der Waals surface area contributed by atoms with Crippen LogP contribution in [0.2, 0.25) is 0 Å². The number of methoxy groups -OCH3 is 2. The maximum Gasteiger partial charge on any atom is 0.184 e. The molecule has 2 aliphatic heterocycles. The molecule has 7 nitrogen and oxygen atoms in total. The largest absolute Gasteiger partial charge is 0.493 e. The molecule has 28 heavy (non-hydrogen) atoms. The van der Waals surface area contributed by atoms with E-state index in [1.54, 1.807) is 14.2 Å². The van der Waals surface area contributed by atoms with E-state index < -0.39 is 0 Å². The zero-order valence-corrected chi connectivity index (χ0v) is 16.9. The van der Waals surface area contributed by atoms with Crippen LogP contribution in [-0.4, -0.2) is 42.3 Å². The van der Waals surface area contributed by atoms with E-state index in [0.717, 1.165) is 48.5 Å². The SMILES string of the molecule is COc1cc2c(cc1OC)[C@H]1CC(=NNC(N)=S)C3=C(CCCC3=O)N1CC2. The summed E-state index contributed by atoms with van der Waals surface area (Å²) < 4.78 is 11.0. The lowest BCUT2D eigenvalue weighted by Crippen LogP contribution is -2.44. The van der Waals surface area contributed by atoms with E-state index in [2.05, 4.69) is 27.6 Å². The van der Waals surface area contributed by atoms with Crippen LogP contribution < -0.4 is 20.6 Å². The van der Waals surface area contributed by atoms with Crippen molar-refractivity contribution in [3.05, 3.63) is 34.5 Å². The summed E-state index contributed by atoms with van der Waals surface area (Å²) >= 11 is 4.90. The Morgan fingerprint density at radius 1 is 1.25 bits per heavy atom. The molecule has 148 valence electrons. The van der Waals surface area contributed by atoms with Gasteiger partial charge in [-0.05, 0) is 54.7 Å². The van der Waals surface area contributed by atoms with Crippen molar-refractivity contribution in [1.82, 2.24) is 10.3 Å². The van der Waals surface area contributed by atoms with Gasteiger partial charge in [0.15, 0.2) is 22.4 Å². The summed E-state index contributed by atoms with van der Waals surface area (Å²) in [7, 11) is 3.29. The number of thiocarbonyl (C=S) groups is 1. The lowest BCUT2D eigenvalue weighted by Gasteiger charge is -2.46. The summed E-state index contributed by atoms with van der Waals surface area (Å²) in [5, 5.41) is 4.49. The predicted octanol–water partition coefficient (Wildman–Crippen LogP) is 2.20. The normalized spacial score (nSPS) is 22.4. The summed E-state index contributed by atoms with van der Waals surface area (Å²) in [6.07, 6.45) is 3.82. The van der Waals surface area contributed by atoms with Gasteiger partial charge in [0.1, 0.15) is 0 Å². The molecular weight excluding hydrogens is 376 g/mol. The number of nitrogens with one attached hydrogen (secondary N) is 1. The van der Waals surface area contributed by atoms with Crippen LogP contribution in [0, 0.1) is 0 Å². The predicted molar refractivity (Wildman–Crippen MR) is 111 cm³/mol. The Morgan fingerprint density at radius 3 is 2.71 bits per heavy atom. The van der Waals surface area contributed by atoms with Gasteiger partial charge in [0.25, 0.3) is 0 Å². The van der Waals surface area contributed by atoms with Gasteiger partial charge in [0.05, 0.1) is 31.5 Å². The number of allylic oxidation sites excluding steroid dienone is 2. The molecule has 3 aliphatic rings. The molecule has 0 radical (unpaired) electrons. The van der Waals surface area contributed by atoms with Crippen molar-refractivity contribution in [2.75, 3.05) is 20.8 Å². The molecule has 0 amide bonds. The molecular formula is C20H24N4O3S. The standard InChI is InChI=1S/C20H24N4O3S/c1-26-17-8-11-6-7-24-14-4-3-5-16(25)19(14)13(22-23-20(21)28)10-15(24)12(11)9-18(17)27-2/h8-9,15H,3-7,10H2,1-2H3,(H3,21,23,28)/t15-/m1/s1. The average Bonchev–Trinajstić information content (AvgIpc) is 2.70. The fourth-order valence-electron chi connectivity index (χ4n) is 4.52. The first-order chi connectivity index (χ1) is 13.5. The van der Waals surface area contributed by atoms with Crippen molar-refractivity contribution in [3.63, 3.8) is 0 Å². The van der Waals surface area contributed by atoms with E-state index in [4.69, 9.17) is 27.4 Å². The fraction of sp³-hybridized carbons (Fsp3) is 0.450. The van der Waals surface area contributed by atoms with Gasteiger partial charge in [-0.15, -0.1) is 0 Å². The third-order valence-corrected chi connectivity index (χ3v) is 5.80. The van der Waals surface area contributed by atoms with Crippen LogP contribution in [0.15, 0.2) is 28.5 Å². The number of benzene rings is 1. The zero-order valence-electron chi connectivity index (χ0n) is 16.1. The van der Waals surface area contributed by atoms with Crippen molar-refractivity contribution in [2.24, 2.45) is 10.8 Å². The van der Waals surface area contributed by atoms with E-state index in [9.17, 15) is 4.79 Å². The summed E-state index contributed by atoms with van der Waals surface area (Å²) in [6.45, 7) is 0.870. The van der Waals surface area contributed by atoms with Crippen molar-refractivity contribution in [3.8, 4) is 11.5 Å². The van der Waals surface area contributed by atoms with E-state index in [0.29, 0.717) is 18.6 Å². The molecule has 1 aromatic carbocycles. The molecule has 0 fully saturated rings. The maximum absolute atomic E-state index is 12.7. The molecule has 0 unspecified atom stereocenters. The molecule has 0 spiro atoms. The minimum absolute atomic E-state index is 0.0933. The molecule has 4 rings (SSSR count). The van der Waals surface area contributed by atoms with Crippen molar-refractivity contribution in [1.29, 1.82) is 0 Å². The van der Waals surface area contributed by atoms with Gasteiger partial charge in [0.2, 0.25) is 0 Å². The van der Waals surface area contributed by atoms with E-state index in [1.807, 2.05) is 0 Å². The minimum atomic E-state index is 0.0933.